The molecule has 0 amide bonds. The van der Waals surface area contributed by atoms with Gasteiger partial charge in [0.25, 0.3) is 5.69 Å². The van der Waals surface area contributed by atoms with Crippen LogP contribution in [0.5, 0.6) is 5.75 Å². The summed E-state index contributed by atoms with van der Waals surface area (Å²) in [6.07, 6.45) is 0.356. The SMILES string of the molecule is COc1cc([N+](=O)[O-])cc(C=O)c1C(=O)CCl. The Morgan fingerprint density at radius 3 is 2.65 bits per heavy atom. The highest BCUT2D eigenvalue weighted by molar-refractivity contribution is 6.31. The number of nitro groups is 1. The monoisotopic (exact) mass is 257 g/mol. The van der Waals surface area contributed by atoms with Crippen LogP contribution >= 0.6 is 11.6 Å². The van der Waals surface area contributed by atoms with Gasteiger partial charge in [-0.25, -0.2) is 0 Å². The Bertz CT molecular complexity index is 486. The summed E-state index contributed by atoms with van der Waals surface area (Å²) in [5.74, 6) is -0.901. The molecule has 1 aromatic carbocycles. The largest absolute Gasteiger partial charge is 0.496 e. The second kappa shape index (κ2) is 5.40. The van der Waals surface area contributed by atoms with E-state index >= 15 is 0 Å². The molecule has 0 atom stereocenters. The Hall–Kier alpha value is -1.95. The van der Waals surface area contributed by atoms with Crippen LogP contribution < -0.4 is 4.74 Å². The standard InChI is InChI=1S/C10H8ClNO5/c1-17-9-3-7(12(15)16)2-6(5-13)10(9)8(14)4-11/h2-3,5H,4H2,1H3. The maximum absolute atomic E-state index is 11.5. The zero-order valence-electron chi connectivity index (χ0n) is 8.81. The molecule has 0 unspecified atom stereocenters. The Labute approximate surface area is 101 Å². The molecular formula is C10H8ClNO5. The van der Waals surface area contributed by atoms with E-state index < -0.39 is 10.7 Å². The van der Waals surface area contributed by atoms with E-state index in [1.807, 2.05) is 0 Å². The molecule has 0 fully saturated rings. The lowest BCUT2D eigenvalue weighted by Gasteiger charge is -2.08. The number of rotatable bonds is 5. The summed E-state index contributed by atoms with van der Waals surface area (Å²) in [6, 6.07) is 2.09. The van der Waals surface area contributed by atoms with Gasteiger partial charge in [0, 0.05) is 11.6 Å². The van der Waals surface area contributed by atoms with Gasteiger partial charge in [-0.3, -0.25) is 19.7 Å². The van der Waals surface area contributed by atoms with Crippen molar-refractivity contribution in [2.24, 2.45) is 0 Å². The highest BCUT2D eigenvalue weighted by atomic mass is 35.5. The molecule has 0 N–H and O–H groups in total. The fourth-order valence-corrected chi connectivity index (χ4v) is 1.48. The van der Waals surface area contributed by atoms with Crippen molar-refractivity contribution in [1.29, 1.82) is 0 Å². The number of ether oxygens (including phenoxy) is 1. The Balaban J connectivity index is 3.52. The molecule has 17 heavy (non-hydrogen) atoms. The fraction of sp³-hybridized carbons (Fsp3) is 0.200. The molecule has 1 aromatic rings. The molecule has 7 heteroatoms. The zero-order valence-corrected chi connectivity index (χ0v) is 9.56. The van der Waals surface area contributed by atoms with Gasteiger partial charge in [-0.1, -0.05) is 0 Å². The van der Waals surface area contributed by atoms with E-state index in [9.17, 15) is 19.7 Å². The lowest BCUT2D eigenvalue weighted by Crippen LogP contribution is -2.08. The highest BCUT2D eigenvalue weighted by Crippen LogP contribution is 2.28. The van der Waals surface area contributed by atoms with Gasteiger partial charge in [0.15, 0.2) is 12.1 Å². The van der Waals surface area contributed by atoms with Crippen molar-refractivity contribution >= 4 is 29.4 Å². The molecule has 0 aliphatic heterocycles. The second-order valence-corrected chi connectivity index (χ2v) is 3.31. The lowest BCUT2D eigenvalue weighted by molar-refractivity contribution is -0.384. The molecule has 0 saturated heterocycles. The first-order valence-electron chi connectivity index (χ1n) is 4.46. The molecular weight excluding hydrogens is 250 g/mol. The minimum absolute atomic E-state index is 0.0352. The summed E-state index contributed by atoms with van der Waals surface area (Å²) in [6.45, 7) is 0. The minimum atomic E-state index is -0.676. The number of carbonyl (C=O) groups is 2. The quantitative estimate of drug-likeness (QED) is 0.264. The van der Waals surface area contributed by atoms with Gasteiger partial charge in [0.1, 0.15) is 5.75 Å². The molecule has 0 spiro atoms. The summed E-state index contributed by atoms with van der Waals surface area (Å²) in [5, 5.41) is 10.6. The topological polar surface area (TPSA) is 86.5 Å². The number of carbonyl (C=O) groups excluding carboxylic acids is 2. The predicted octanol–water partition coefficient (Wildman–Crippen LogP) is 1.84. The van der Waals surface area contributed by atoms with Gasteiger partial charge in [-0.05, 0) is 0 Å². The average Bonchev–Trinajstić information content (AvgIpc) is 2.35. The van der Waals surface area contributed by atoms with Crippen molar-refractivity contribution in [1.82, 2.24) is 0 Å². The molecule has 0 saturated carbocycles. The summed E-state index contributed by atoms with van der Waals surface area (Å²) >= 11 is 5.39. The van der Waals surface area contributed by atoms with Crippen LogP contribution in [0.25, 0.3) is 0 Å². The number of ketones is 1. The summed E-state index contributed by atoms with van der Waals surface area (Å²) in [5.41, 5.74) is -0.472. The van der Waals surface area contributed by atoms with Crippen molar-refractivity contribution < 1.29 is 19.2 Å². The fourth-order valence-electron chi connectivity index (χ4n) is 1.35. The van der Waals surface area contributed by atoms with Crippen LogP contribution in [0, 0.1) is 10.1 Å². The van der Waals surface area contributed by atoms with Crippen molar-refractivity contribution in [3.8, 4) is 5.75 Å². The van der Waals surface area contributed by atoms with Gasteiger partial charge in [0.2, 0.25) is 0 Å². The Morgan fingerprint density at radius 1 is 1.59 bits per heavy atom. The normalized spacial score (nSPS) is 9.76. The third-order valence-corrected chi connectivity index (χ3v) is 2.32. The molecule has 0 heterocycles. The molecule has 0 aromatic heterocycles. The van der Waals surface area contributed by atoms with Gasteiger partial charge >= 0.3 is 0 Å². The number of benzene rings is 1. The number of halogens is 1. The number of non-ortho nitro benzene ring substituents is 1. The van der Waals surface area contributed by atoms with E-state index in [1.54, 1.807) is 0 Å². The summed E-state index contributed by atoms with van der Waals surface area (Å²) in [4.78, 5) is 32.3. The van der Waals surface area contributed by atoms with E-state index in [2.05, 4.69) is 0 Å². The van der Waals surface area contributed by atoms with E-state index in [0.29, 0.717) is 6.29 Å². The van der Waals surface area contributed by atoms with E-state index in [-0.39, 0.29) is 28.4 Å². The number of hydrogen-bond donors (Lipinski definition) is 0. The summed E-state index contributed by atoms with van der Waals surface area (Å²) < 4.78 is 4.86. The van der Waals surface area contributed by atoms with Crippen LogP contribution in [-0.4, -0.2) is 30.0 Å². The molecule has 1 rings (SSSR count). The number of nitrogens with zero attached hydrogens (tertiary/aromatic N) is 1. The van der Waals surface area contributed by atoms with E-state index in [1.165, 1.54) is 7.11 Å². The van der Waals surface area contributed by atoms with Crippen molar-refractivity contribution in [3.05, 3.63) is 33.4 Å². The average molecular weight is 258 g/mol. The Kier molecular flexibility index (Phi) is 4.17. The smallest absolute Gasteiger partial charge is 0.273 e. The van der Waals surface area contributed by atoms with Crippen LogP contribution in [0.3, 0.4) is 0 Å². The predicted molar refractivity (Wildman–Crippen MR) is 60.1 cm³/mol. The van der Waals surface area contributed by atoms with Gasteiger partial charge < -0.3 is 4.74 Å². The van der Waals surface area contributed by atoms with Gasteiger partial charge in [-0.15, -0.1) is 11.6 Å². The molecule has 90 valence electrons. The van der Waals surface area contributed by atoms with E-state index in [4.69, 9.17) is 16.3 Å². The van der Waals surface area contributed by atoms with Crippen LogP contribution in [0.1, 0.15) is 20.7 Å². The van der Waals surface area contributed by atoms with Crippen LogP contribution in [-0.2, 0) is 0 Å². The second-order valence-electron chi connectivity index (χ2n) is 3.04. The maximum Gasteiger partial charge on any atom is 0.273 e. The molecule has 0 aliphatic carbocycles. The summed E-state index contributed by atoms with van der Waals surface area (Å²) in [7, 11) is 1.25. The first-order valence-corrected chi connectivity index (χ1v) is 4.99. The molecule has 0 radical (unpaired) electrons. The van der Waals surface area contributed by atoms with Gasteiger partial charge in [-0.2, -0.15) is 0 Å². The number of Topliss-reactive ketones (excluding diaryl/α,β-unsaturated/α-hetero) is 1. The molecule has 6 nitrogen and oxygen atoms in total. The maximum atomic E-state index is 11.5. The van der Waals surface area contributed by atoms with Crippen molar-refractivity contribution in [3.63, 3.8) is 0 Å². The number of alkyl halides is 1. The number of nitro benzene ring substituents is 1. The van der Waals surface area contributed by atoms with Crippen LogP contribution in [0.15, 0.2) is 12.1 Å². The number of aldehydes is 1. The van der Waals surface area contributed by atoms with Crippen molar-refractivity contribution in [2.45, 2.75) is 0 Å². The third kappa shape index (κ3) is 2.59. The molecule has 0 bridgehead atoms. The van der Waals surface area contributed by atoms with Crippen LogP contribution in [0.4, 0.5) is 5.69 Å². The first kappa shape index (κ1) is 13.1. The third-order valence-electron chi connectivity index (χ3n) is 2.08. The molecule has 0 aliphatic rings. The van der Waals surface area contributed by atoms with Crippen LogP contribution in [0.2, 0.25) is 0 Å². The minimum Gasteiger partial charge on any atom is -0.496 e. The zero-order chi connectivity index (χ0) is 13.0. The number of hydrogen-bond acceptors (Lipinski definition) is 5. The van der Waals surface area contributed by atoms with Gasteiger partial charge in [0.05, 0.1) is 29.5 Å². The Morgan fingerprint density at radius 2 is 2.24 bits per heavy atom. The van der Waals surface area contributed by atoms with Crippen molar-refractivity contribution in [2.75, 3.05) is 13.0 Å². The lowest BCUT2D eigenvalue weighted by atomic mass is 10.0. The highest BCUT2D eigenvalue weighted by Gasteiger charge is 2.21. The van der Waals surface area contributed by atoms with E-state index in [0.717, 1.165) is 12.1 Å². The number of methoxy groups -OCH3 is 1. The first-order chi connectivity index (χ1) is 8.04.